The Bertz CT molecular complexity index is 270. The van der Waals surface area contributed by atoms with Crippen molar-refractivity contribution in [3.05, 3.63) is 10.2 Å². The molecule has 1 aromatic rings. The Morgan fingerprint density at radius 1 is 1.46 bits per heavy atom. The average Bonchev–Trinajstić information content (AvgIpc) is 2.33. The summed E-state index contributed by atoms with van der Waals surface area (Å²) in [5.74, 6) is 0. The van der Waals surface area contributed by atoms with Gasteiger partial charge < -0.3 is 0 Å². The summed E-state index contributed by atoms with van der Waals surface area (Å²) in [5.41, 5.74) is 0. The second-order valence-corrected chi connectivity index (χ2v) is 3.46. The first-order valence-electron chi connectivity index (χ1n) is 3.59. The van der Waals surface area contributed by atoms with Crippen molar-refractivity contribution < 1.29 is 13.2 Å². The molecule has 0 saturated heterocycles. The predicted molar refractivity (Wildman–Crippen MR) is 48.0 cm³/mol. The van der Waals surface area contributed by atoms with Crippen molar-refractivity contribution in [1.82, 2.24) is 14.8 Å². The average molecular weight is 305 g/mol. The summed E-state index contributed by atoms with van der Waals surface area (Å²) in [4.78, 5) is 3.79. The Labute approximate surface area is 86.5 Å². The quantitative estimate of drug-likeness (QED) is 0.802. The van der Waals surface area contributed by atoms with E-state index in [0.29, 0.717) is 3.83 Å². The first-order chi connectivity index (χ1) is 5.97. The van der Waals surface area contributed by atoms with E-state index in [1.807, 2.05) is 22.6 Å². The smallest absolute Gasteiger partial charge is 0.252 e. The first kappa shape index (κ1) is 10.7. The number of aromatic nitrogens is 3. The van der Waals surface area contributed by atoms with Crippen LogP contribution in [0.2, 0.25) is 0 Å². The molecule has 0 bridgehead atoms. The Morgan fingerprint density at radius 3 is 2.62 bits per heavy atom. The zero-order valence-electron chi connectivity index (χ0n) is 6.55. The summed E-state index contributed by atoms with van der Waals surface area (Å²) in [6.07, 6.45) is -3.38. The van der Waals surface area contributed by atoms with Crippen molar-refractivity contribution in [2.75, 3.05) is 0 Å². The van der Waals surface area contributed by atoms with E-state index in [-0.39, 0.29) is 13.0 Å². The molecule has 3 nitrogen and oxygen atoms in total. The van der Waals surface area contributed by atoms with Crippen LogP contribution in [0.25, 0.3) is 0 Å². The van der Waals surface area contributed by atoms with E-state index >= 15 is 0 Å². The summed E-state index contributed by atoms with van der Waals surface area (Å²) < 4.78 is 37.1. The molecule has 0 N–H and O–H groups in total. The predicted octanol–water partition coefficient (Wildman–Crippen LogP) is 2.23. The van der Waals surface area contributed by atoms with Crippen molar-refractivity contribution in [2.24, 2.45) is 0 Å². The van der Waals surface area contributed by atoms with E-state index in [2.05, 4.69) is 10.1 Å². The van der Waals surface area contributed by atoms with Gasteiger partial charge in [0.25, 0.3) is 0 Å². The SMILES string of the molecule is FC(F)(F)CCCn1cnc(I)n1. The highest BCUT2D eigenvalue weighted by atomic mass is 127. The molecule has 0 aliphatic rings. The molecular formula is C6H7F3IN3. The second kappa shape index (κ2) is 4.25. The maximum absolute atomic E-state index is 11.7. The van der Waals surface area contributed by atoms with Crippen LogP contribution in [-0.4, -0.2) is 20.9 Å². The van der Waals surface area contributed by atoms with Crippen LogP contribution < -0.4 is 0 Å². The minimum absolute atomic E-state index is 0.0446. The van der Waals surface area contributed by atoms with Gasteiger partial charge in [0.2, 0.25) is 3.83 Å². The number of rotatable bonds is 3. The van der Waals surface area contributed by atoms with E-state index in [1.165, 1.54) is 11.0 Å². The van der Waals surface area contributed by atoms with Crippen LogP contribution in [0.15, 0.2) is 6.33 Å². The molecule has 0 amide bonds. The lowest BCUT2D eigenvalue weighted by Gasteiger charge is -2.04. The highest BCUT2D eigenvalue weighted by molar-refractivity contribution is 14.1. The van der Waals surface area contributed by atoms with Gasteiger partial charge in [-0.15, -0.1) is 5.10 Å². The van der Waals surface area contributed by atoms with Crippen molar-refractivity contribution >= 4 is 22.6 Å². The summed E-state index contributed by atoms with van der Waals surface area (Å²) in [7, 11) is 0. The van der Waals surface area contributed by atoms with Crippen LogP contribution in [0.4, 0.5) is 13.2 Å². The zero-order valence-corrected chi connectivity index (χ0v) is 8.71. The zero-order chi connectivity index (χ0) is 9.90. The Hall–Kier alpha value is -0.340. The number of hydrogen-bond acceptors (Lipinski definition) is 2. The van der Waals surface area contributed by atoms with Crippen molar-refractivity contribution in [3.63, 3.8) is 0 Å². The van der Waals surface area contributed by atoms with Gasteiger partial charge in [0.05, 0.1) is 0 Å². The number of nitrogens with zero attached hydrogens (tertiary/aromatic N) is 3. The third-order valence-corrected chi connectivity index (χ3v) is 1.85. The van der Waals surface area contributed by atoms with E-state index < -0.39 is 12.6 Å². The van der Waals surface area contributed by atoms with Gasteiger partial charge in [-0.3, -0.25) is 4.68 Å². The maximum Gasteiger partial charge on any atom is 0.389 e. The van der Waals surface area contributed by atoms with Gasteiger partial charge in [-0.25, -0.2) is 4.98 Å². The van der Waals surface area contributed by atoms with Crippen LogP contribution in [-0.2, 0) is 6.54 Å². The summed E-state index contributed by atoms with van der Waals surface area (Å²) in [6.45, 7) is 0.259. The lowest BCUT2D eigenvalue weighted by molar-refractivity contribution is -0.136. The maximum atomic E-state index is 11.7. The van der Waals surface area contributed by atoms with Crippen LogP contribution in [0, 0.1) is 3.83 Å². The van der Waals surface area contributed by atoms with Crippen LogP contribution in [0.5, 0.6) is 0 Å². The highest BCUT2D eigenvalue weighted by Gasteiger charge is 2.25. The molecule has 1 rings (SSSR count). The van der Waals surface area contributed by atoms with Gasteiger partial charge >= 0.3 is 6.18 Å². The minimum Gasteiger partial charge on any atom is -0.252 e. The summed E-state index contributed by atoms with van der Waals surface area (Å²) in [5, 5.41) is 3.86. The lowest BCUT2D eigenvalue weighted by Crippen LogP contribution is -2.09. The van der Waals surface area contributed by atoms with E-state index in [0.717, 1.165) is 0 Å². The Kier molecular flexibility index (Phi) is 3.51. The molecule has 0 aliphatic carbocycles. The molecule has 13 heavy (non-hydrogen) atoms. The fraction of sp³-hybridized carbons (Fsp3) is 0.667. The molecule has 0 radical (unpaired) electrons. The van der Waals surface area contributed by atoms with Gasteiger partial charge in [-0.05, 0) is 6.42 Å². The molecular weight excluding hydrogens is 298 g/mol. The standard InChI is InChI=1S/C6H7F3IN3/c7-6(8,9)2-1-3-13-4-11-5(10)12-13/h4H,1-3H2. The van der Waals surface area contributed by atoms with Gasteiger partial charge in [0.1, 0.15) is 6.33 Å². The molecule has 0 aromatic carbocycles. The van der Waals surface area contributed by atoms with E-state index in [4.69, 9.17) is 0 Å². The molecule has 1 heterocycles. The Morgan fingerprint density at radius 2 is 2.15 bits per heavy atom. The lowest BCUT2D eigenvalue weighted by atomic mass is 10.3. The van der Waals surface area contributed by atoms with Crippen molar-refractivity contribution in [1.29, 1.82) is 0 Å². The number of hydrogen-bond donors (Lipinski definition) is 0. The minimum atomic E-state index is -4.08. The fourth-order valence-corrected chi connectivity index (χ4v) is 1.22. The molecule has 1 aromatic heterocycles. The van der Waals surface area contributed by atoms with Gasteiger partial charge in [0.15, 0.2) is 0 Å². The number of alkyl halides is 3. The van der Waals surface area contributed by atoms with Crippen molar-refractivity contribution in [2.45, 2.75) is 25.6 Å². The summed E-state index contributed by atoms with van der Waals surface area (Å²) in [6, 6.07) is 0. The highest BCUT2D eigenvalue weighted by Crippen LogP contribution is 2.21. The molecule has 0 aliphatic heterocycles. The third kappa shape index (κ3) is 4.44. The molecule has 0 fully saturated rings. The Balaban J connectivity index is 2.28. The van der Waals surface area contributed by atoms with Gasteiger partial charge in [-0.1, -0.05) is 0 Å². The second-order valence-electron chi connectivity index (χ2n) is 2.50. The van der Waals surface area contributed by atoms with E-state index in [9.17, 15) is 13.2 Å². The third-order valence-electron chi connectivity index (χ3n) is 1.36. The van der Waals surface area contributed by atoms with Crippen LogP contribution in [0.3, 0.4) is 0 Å². The van der Waals surface area contributed by atoms with E-state index in [1.54, 1.807) is 0 Å². The summed E-state index contributed by atoms with van der Waals surface area (Å²) >= 11 is 1.90. The topological polar surface area (TPSA) is 30.7 Å². The van der Waals surface area contributed by atoms with Crippen LogP contribution >= 0.6 is 22.6 Å². The normalized spacial score (nSPS) is 12.0. The van der Waals surface area contributed by atoms with Crippen molar-refractivity contribution in [3.8, 4) is 0 Å². The molecule has 0 saturated carbocycles. The van der Waals surface area contributed by atoms with Gasteiger partial charge in [-0.2, -0.15) is 13.2 Å². The fourth-order valence-electron chi connectivity index (χ4n) is 0.821. The van der Waals surface area contributed by atoms with Gasteiger partial charge in [0, 0.05) is 35.6 Å². The molecule has 0 unspecified atom stereocenters. The molecule has 0 spiro atoms. The molecule has 7 heteroatoms. The van der Waals surface area contributed by atoms with Crippen LogP contribution in [0.1, 0.15) is 12.8 Å². The molecule has 0 atom stereocenters. The molecule has 74 valence electrons. The first-order valence-corrected chi connectivity index (χ1v) is 4.67. The monoisotopic (exact) mass is 305 g/mol. The number of aryl methyl sites for hydroxylation is 1. The number of halogens is 4. The largest absolute Gasteiger partial charge is 0.389 e.